The molecule has 0 radical (unpaired) electrons. The van der Waals surface area contributed by atoms with Crippen LogP contribution in [0.1, 0.15) is 51.6 Å². The van der Waals surface area contributed by atoms with Gasteiger partial charge in [0.15, 0.2) is 11.5 Å². The monoisotopic (exact) mass is 553 g/mol. The van der Waals surface area contributed by atoms with Crippen molar-refractivity contribution in [3.05, 3.63) is 42.0 Å². The van der Waals surface area contributed by atoms with Crippen LogP contribution in [0.25, 0.3) is 11.0 Å². The van der Waals surface area contributed by atoms with Crippen molar-refractivity contribution in [3.63, 3.8) is 0 Å². The number of hydrogen-bond acceptors (Lipinski definition) is 8. The molecule has 40 heavy (non-hydrogen) atoms. The molecule has 216 valence electrons. The Labute approximate surface area is 234 Å². The summed E-state index contributed by atoms with van der Waals surface area (Å²) >= 11 is 0. The standard InChI is InChI=1S/C29H39N5O6/c1-7-29(2,3)30-28(36)26(19-15-23(37-4)27(39-6)24(16-19)38-5)33(17-20-11-10-14-40-20)25(35)18-34-22-13-9-8-12-21(22)31-32-34/h8-9,12-13,15-16,20,26H,7,10-11,14,17-18H2,1-6H3,(H,30,36)/t20-,26+/m1/s1. The molecule has 3 aromatic rings. The van der Waals surface area contributed by atoms with Gasteiger partial charge >= 0.3 is 0 Å². The molecule has 1 saturated heterocycles. The van der Waals surface area contributed by atoms with Gasteiger partial charge in [0.2, 0.25) is 17.6 Å². The van der Waals surface area contributed by atoms with Crippen molar-refractivity contribution < 1.29 is 28.5 Å². The van der Waals surface area contributed by atoms with E-state index in [4.69, 9.17) is 18.9 Å². The van der Waals surface area contributed by atoms with Crippen LogP contribution in [-0.2, 0) is 20.9 Å². The largest absolute Gasteiger partial charge is 0.493 e. The third kappa shape index (κ3) is 6.30. The van der Waals surface area contributed by atoms with Crippen LogP contribution in [0, 0.1) is 0 Å². The summed E-state index contributed by atoms with van der Waals surface area (Å²) in [7, 11) is 4.55. The number of aromatic nitrogens is 3. The number of para-hydroxylation sites is 1. The predicted octanol–water partition coefficient (Wildman–Crippen LogP) is 3.51. The molecule has 2 aromatic carbocycles. The minimum atomic E-state index is -1.01. The fraction of sp³-hybridized carbons (Fsp3) is 0.517. The highest BCUT2D eigenvalue weighted by atomic mass is 16.5. The molecule has 2 amide bonds. The summed E-state index contributed by atoms with van der Waals surface area (Å²) in [5.41, 5.74) is 1.43. The molecule has 2 atom stereocenters. The Bertz CT molecular complexity index is 1310. The normalized spacial score (nSPS) is 16.0. The molecular formula is C29H39N5O6. The number of ether oxygens (including phenoxy) is 4. The van der Waals surface area contributed by atoms with Crippen LogP contribution in [0.5, 0.6) is 17.2 Å². The van der Waals surface area contributed by atoms with Gasteiger partial charge in [-0.2, -0.15) is 0 Å². The second-order valence-electron chi connectivity index (χ2n) is 10.5. The summed E-state index contributed by atoms with van der Waals surface area (Å²) in [5, 5.41) is 11.5. The van der Waals surface area contributed by atoms with E-state index in [1.165, 1.54) is 21.3 Å². The molecule has 0 spiro atoms. The second-order valence-corrected chi connectivity index (χ2v) is 10.5. The van der Waals surface area contributed by atoms with Crippen LogP contribution in [0.3, 0.4) is 0 Å². The molecule has 0 bridgehead atoms. The maximum atomic E-state index is 14.1. The quantitative estimate of drug-likeness (QED) is 0.362. The molecule has 1 aliphatic rings. The van der Waals surface area contributed by atoms with Gasteiger partial charge in [0.1, 0.15) is 18.1 Å². The van der Waals surface area contributed by atoms with Crippen molar-refractivity contribution in [3.8, 4) is 17.2 Å². The van der Waals surface area contributed by atoms with Gasteiger partial charge in [-0.15, -0.1) is 5.10 Å². The minimum absolute atomic E-state index is 0.0986. The average molecular weight is 554 g/mol. The van der Waals surface area contributed by atoms with Gasteiger partial charge in [-0.05, 0) is 62.9 Å². The molecule has 0 aliphatic carbocycles. The molecule has 11 heteroatoms. The van der Waals surface area contributed by atoms with Crippen LogP contribution < -0.4 is 19.5 Å². The summed E-state index contributed by atoms with van der Waals surface area (Å²) in [6.45, 7) is 6.64. The Morgan fingerprint density at radius 1 is 1.15 bits per heavy atom. The molecule has 4 rings (SSSR count). The van der Waals surface area contributed by atoms with Crippen molar-refractivity contribution in [2.45, 2.75) is 64.3 Å². The van der Waals surface area contributed by atoms with Crippen LogP contribution in [0.15, 0.2) is 36.4 Å². The van der Waals surface area contributed by atoms with Crippen molar-refractivity contribution in [1.82, 2.24) is 25.2 Å². The first-order chi connectivity index (χ1) is 19.2. The first kappa shape index (κ1) is 29.1. The molecule has 2 heterocycles. The third-order valence-corrected chi connectivity index (χ3v) is 7.36. The van der Waals surface area contributed by atoms with Gasteiger partial charge < -0.3 is 29.2 Å². The molecule has 1 N–H and O–H groups in total. The number of methoxy groups -OCH3 is 3. The Morgan fingerprint density at radius 3 is 2.45 bits per heavy atom. The molecule has 0 saturated carbocycles. The van der Waals surface area contributed by atoms with E-state index in [0.717, 1.165) is 18.4 Å². The number of carbonyl (C=O) groups is 2. The van der Waals surface area contributed by atoms with Gasteiger partial charge in [0, 0.05) is 18.7 Å². The molecule has 1 aliphatic heterocycles. The summed E-state index contributed by atoms with van der Waals surface area (Å²) in [4.78, 5) is 29.8. The van der Waals surface area contributed by atoms with Gasteiger partial charge in [-0.25, -0.2) is 4.68 Å². The zero-order valence-corrected chi connectivity index (χ0v) is 24.1. The Hall–Kier alpha value is -3.86. The highest BCUT2D eigenvalue weighted by Gasteiger charge is 2.37. The SMILES string of the molecule is CCC(C)(C)NC(=O)[C@H](c1cc(OC)c(OC)c(OC)c1)N(C[C@H]1CCCO1)C(=O)Cn1nnc2ccccc21. The van der Waals surface area contributed by atoms with E-state index in [9.17, 15) is 9.59 Å². The molecule has 11 nitrogen and oxygen atoms in total. The molecular weight excluding hydrogens is 514 g/mol. The highest BCUT2D eigenvalue weighted by Crippen LogP contribution is 2.41. The van der Waals surface area contributed by atoms with E-state index < -0.39 is 11.6 Å². The Kier molecular flexibility index (Phi) is 9.14. The summed E-state index contributed by atoms with van der Waals surface area (Å²) < 4.78 is 24.2. The predicted molar refractivity (Wildman–Crippen MR) is 150 cm³/mol. The first-order valence-corrected chi connectivity index (χ1v) is 13.5. The lowest BCUT2D eigenvalue weighted by atomic mass is 9.97. The lowest BCUT2D eigenvalue weighted by molar-refractivity contribution is -0.144. The summed E-state index contributed by atoms with van der Waals surface area (Å²) in [6, 6.07) is 9.86. The number of nitrogens with one attached hydrogen (secondary N) is 1. The van der Waals surface area contributed by atoms with Crippen LogP contribution in [0.2, 0.25) is 0 Å². The number of nitrogens with zero attached hydrogens (tertiary/aromatic N) is 4. The van der Waals surface area contributed by atoms with Crippen molar-refractivity contribution in [1.29, 1.82) is 0 Å². The zero-order valence-electron chi connectivity index (χ0n) is 24.1. The van der Waals surface area contributed by atoms with Crippen molar-refractivity contribution in [2.24, 2.45) is 0 Å². The lowest BCUT2D eigenvalue weighted by Crippen LogP contribution is -2.52. The number of carbonyl (C=O) groups excluding carboxylic acids is 2. The van der Waals surface area contributed by atoms with E-state index in [0.29, 0.717) is 41.4 Å². The molecule has 0 unspecified atom stereocenters. The number of rotatable bonds is 12. The van der Waals surface area contributed by atoms with Gasteiger partial charge in [-0.3, -0.25) is 9.59 Å². The molecule has 1 fully saturated rings. The zero-order chi connectivity index (χ0) is 28.9. The Balaban J connectivity index is 1.81. The van der Waals surface area contributed by atoms with Crippen LogP contribution in [0.4, 0.5) is 0 Å². The number of fused-ring (bicyclic) bond motifs is 1. The number of amides is 2. The van der Waals surface area contributed by atoms with E-state index >= 15 is 0 Å². The van der Waals surface area contributed by atoms with Gasteiger partial charge in [0.25, 0.3) is 0 Å². The minimum Gasteiger partial charge on any atom is -0.493 e. The van der Waals surface area contributed by atoms with E-state index in [-0.39, 0.29) is 31.0 Å². The van der Waals surface area contributed by atoms with Gasteiger partial charge in [0.05, 0.1) is 33.0 Å². The maximum Gasteiger partial charge on any atom is 0.247 e. The third-order valence-electron chi connectivity index (χ3n) is 7.36. The van der Waals surface area contributed by atoms with E-state index in [2.05, 4.69) is 15.6 Å². The summed E-state index contributed by atoms with van der Waals surface area (Å²) in [6.07, 6.45) is 2.18. The summed E-state index contributed by atoms with van der Waals surface area (Å²) in [5.74, 6) is 0.547. The topological polar surface area (TPSA) is 117 Å². The Morgan fingerprint density at radius 2 is 1.85 bits per heavy atom. The van der Waals surface area contributed by atoms with Crippen LogP contribution >= 0.6 is 0 Å². The van der Waals surface area contributed by atoms with Gasteiger partial charge in [-0.1, -0.05) is 24.3 Å². The van der Waals surface area contributed by atoms with Crippen molar-refractivity contribution in [2.75, 3.05) is 34.5 Å². The molecule has 1 aromatic heterocycles. The fourth-order valence-electron chi connectivity index (χ4n) is 4.83. The van der Waals surface area contributed by atoms with E-state index in [1.54, 1.807) is 21.7 Å². The lowest BCUT2D eigenvalue weighted by Gasteiger charge is -2.36. The van der Waals surface area contributed by atoms with E-state index in [1.807, 2.05) is 45.0 Å². The first-order valence-electron chi connectivity index (χ1n) is 13.5. The fourth-order valence-corrected chi connectivity index (χ4v) is 4.83. The second kappa shape index (κ2) is 12.5. The highest BCUT2D eigenvalue weighted by molar-refractivity contribution is 5.90. The van der Waals surface area contributed by atoms with Crippen molar-refractivity contribution >= 4 is 22.8 Å². The van der Waals surface area contributed by atoms with Crippen LogP contribution in [-0.4, -0.2) is 77.8 Å². The number of benzene rings is 2. The number of hydrogen-bond donors (Lipinski definition) is 1. The average Bonchev–Trinajstić information content (AvgIpc) is 3.62. The maximum absolute atomic E-state index is 14.1. The smallest absolute Gasteiger partial charge is 0.247 e.